The van der Waals surface area contributed by atoms with Gasteiger partial charge in [0.15, 0.2) is 0 Å². The van der Waals surface area contributed by atoms with Crippen molar-refractivity contribution in [2.45, 2.75) is 57.6 Å². The Balaban J connectivity index is 1.34. The molecular formula is C29H38BN5O7. The van der Waals surface area contributed by atoms with E-state index in [4.69, 9.17) is 9.15 Å². The summed E-state index contributed by atoms with van der Waals surface area (Å²) in [5.74, 6) is -1.44. The molecule has 1 aromatic heterocycles. The Morgan fingerprint density at radius 1 is 1.21 bits per heavy atom. The van der Waals surface area contributed by atoms with Gasteiger partial charge < -0.3 is 34.3 Å². The van der Waals surface area contributed by atoms with Gasteiger partial charge in [0, 0.05) is 50.6 Å². The Hall–Kier alpha value is -3.86. The third-order valence-corrected chi connectivity index (χ3v) is 8.10. The van der Waals surface area contributed by atoms with Crippen molar-refractivity contribution in [1.29, 1.82) is 5.26 Å². The van der Waals surface area contributed by atoms with Crippen molar-refractivity contribution < 1.29 is 33.6 Å². The zero-order chi connectivity index (χ0) is 30.4. The van der Waals surface area contributed by atoms with Gasteiger partial charge in [0.1, 0.15) is 23.8 Å². The number of likely N-dealkylation sites (tertiary alicyclic amines) is 1. The SMILES string of the molecule is CC(=O)N1CCN(C(C)(C)C=C(C#N)C(=O)N2CCCC2COC(=O)NC(Cc2coc3ccccc23)B(O)O)CC1. The van der Waals surface area contributed by atoms with E-state index in [0.717, 1.165) is 5.39 Å². The maximum atomic E-state index is 13.4. The number of hydrogen-bond acceptors (Lipinski definition) is 9. The molecular weight excluding hydrogens is 541 g/mol. The van der Waals surface area contributed by atoms with Crippen LogP contribution in [0.2, 0.25) is 0 Å². The average molecular weight is 579 g/mol. The number of alkyl carbamates (subject to hydrolysis) is 1. The molecule has 1 aromatic carbocycles. The molecule has 3 heterocycles. The number of furan rings is 1. The number of benzene rings is 1. The van der Waals surface area contributed by atoms with Crippen molar-refractivity contribution in [2.24, 2.45) is 0 Å². The van der Waals surface area contributed by atoms with Gasteiger partial charge in [0.2, 0.25) is 5.91 Å². The lowest BCUT2D eigenvalue weighted by atomic mass is 9.76. The van der Waals surface area contributed by atoms with E-state index in [0.29, 0.717) is 56.7 Å². The summed E-state index contributed by atoms with van der Waals surface area (Å²) in [6.07, 6.45) is 3.75. The lowest BCUT2D eigenvalue weighted by Crippen LogP contribution is -2.55. The van der Waals surface area contributed by atoms with Crippen LogP contribution in [-0.4, -0.2) is 107 Å². The van der Waals surface area contributed by atoms with Crippen LogP contribution < -0.4 is 5.32 Å². The predicted molar refractivity (Wildman–Crippen MR) is 155 cm³/mol. The number of ether oxygens (including phenoxy) is 1. The molecule has 2 aliphatic heterocycles. The molecule has 0 bridgehead atoms. The minimum absolute atomic E-state index is 0.0150. The molecule has 42 heavy (non-hydrogen) atoms. The van der Waals surface area contributed by atoms with Crippen LogP contribution in [0.25, 0.3) is 11.0 Å². The second-order valence-corrected chi connectivity index (χ2v) is 11.3. The molecule has 3 amide bonds. The fourth-order valence-electron chi connectivity index (χ4n) is 5.64. The Labute approximate surface area is 245 Å². The first-order chi connectivity index (χ1) is 20.0. The van der Waals surface area contributed by atoms with Crippen molar-refractivity contribution in [3.8, 4) is 6.07 Å². The van der Waals surface area contributed by atoms with Gasteiger partial charge in [0.05, 0.1) is 18.2 Å². The fourth-order valence-corrected chi connectivity index (χ4v) is 5.64. The van der Waals surface area contributed by atoms with Gasteiger partial charge in [-0.3, -0.25) is 14.5 Å². The number of para-hydroxylation sites is 1. The minimum Gasteiger partial charge on any atom is -0.464 e. The Bertz CT molecular complexity index is 1360. The summed E-state index contributed by atoms with van der Waals surface area (Å²) in [5, 5.41) is 32.9. The third kappa shape index (κ3) is 7.31. The van der Waals surface area contributed by atoms with Crippen LogP contribution in [0.5, 0.6) is 0 Å². The normalized spacial score (nSPS) is 19.0. The van der Waals surface area contributed by atoms with E-state index >= 15 is 0 Å². The van der Waals surface area contributed by atoms with E-state index in [2.05, 4.69) is 16.3 Å². The number of carbonyl (C=O) groups is 3. The molecule has 13 heteroatoms. The lowest BCUT2D eigenvalue weighted by Gasteiger charge is -2.42. The predicted octanol–water partition coefficient (Wildman–Crippen LogP) is 1.47. The van der Waals surface area contributed by atoms with Crippen LogP contribution in [0.1, 0.15) is 39.2 Å². The van der Waals surface area contributed by atoms with Gasteiger partial charge in [-0.25, -0.2) is 4.79 Å². The van der Waals surface area contributed by atoms with Crippen molar-refractivity contribution >= 4 is 36.0 Å². The lowest BCUT2D eigenvalue weighted by molar-refractivity contribution is -0.131. The van der Waals surface area contributed by atoms with Gasteiger partial charge in [-0.05, 0) is 50.8 Å². The third-order valence-electron chi connectivity index (χ3n) is 8.10. The summed E-state index contributed by atoms with van der Waals surface area (Å²) in [6, 6.07) is 8.95. The standard InChI is InChI=1S/C29H38BN5O7/c1-20(36)33-11-13-34(14-12-33)29(2,3)16-22(17-31)27(37)35-10-6-7-23(35)19-42-28(38)32-26(30(39)40)15-21-18-41-25-9-5-4-8-24(21)25/h4-5,8-9,16,18,23,26,39-40H,6-7,10-15,19H2,1-3H3,(H,32,38). The number of piperazine rings is 1. The average Bonchev–Trinajstić information content (AvgIpc) is 3.61. The summed E-state index contributed by atoms with van der Waals surface area (Å²) < 4.78 is 10.9. The first-order valence-corrected chi connectivity index (χ1v) is 14.2. The number of hydrogen-bond donors (Lipinski definition) is 3. The number of carbonyl (C=O) groups excluding carboxylic acids is 3. The van der Waals surface area contributed by atoms with E-state index in [1.165, 1.54) is 6.26 Å². The second kappa shape index (κ2) is 13.4. The molecule has 2 atom stereocenters. The number of nitrogens with zero attached hydrogens (tertiary/aromatic N) is 4. The van der Waals surface area contributed by atoms with E-state index in [9.17, 15) is 29.7 Å². The topological polar surface area (TPSA) is 160 Å². The number of fused-ring (bicyclic) bond motifs is 1. The Morgan fingerprint density at radius 3 is 2.60 bits per heavy atom. The van der Waals surface area contributed by atoms with E-state index in [1.54, 1.807) is 28.9 Å². The summed E-state index contributed by atoms with van der Waals surface area (Å²) >= 11 is 0. The van der Waals surface area contributed by atoms with Crippen molar-refractivity contribution in [3.63, 3.8) is 0 Å². The molecule has 2 aliphatic rings. The van der Waals surface area contributed by atoms with Crippen molar-refractivity contribution in [2.75, 3.05) is 39.3 Å². The van der Waals surface area contributed by atoms with Gasteiger partial charge in [-0.15, -0.1) is 0 Å². The Morgan fingerprint density at radius 2 is 1.93 bits per heavy atom. The number of nitrogens with one attached hydrogen (secondary N) is 1. The summed E-state index contributed by atoms with van der Waals surface area (Å²) in [7, 11) is -1.84. The number of amides is 3. The van der Waals surface area contributed by atoms with E-state index < -0.39 is 36.6 Å². The maximum absolute atomic E-state index is 13.4. The molecule has 2 unspecified atom stereocenters. The van der Waals surface area contributed by atoms with Crippen LogP contribution in [0, 0.1) is 11.3 Å². The molecule has 2 saturated heterocycles. The zero-order valence-corrected chi connectivity index (χ0v) is 24.3. The highest BCUT2D eigenvalue weighted by Gasteiger charge is 2.35. The Kier molecular flexibility index (Phi) is 9.93. The highest BCUT2D eigenvalue weighted by molar-refractivity contribution is 6.43. The van der Waals surface area contributed by atoms with Gasteiger partial charge >= 0.3 is 13.2 Å². The highest BCUT2D eigenvalue weighted by atomic mass is 16.5. The van der Waals surface area contributed by atoms with Crippen molar-refractivity contribution in [3.05, 3.63) is 47.7 Å². The van der Waals surface area contributed by atoms with Crippen molar-refractivity contribution in [1.82, 2.24) is 20.0 Å². The van der Waals surface area contributed by atoms with Crippen LogP contribution >= 0.6 is 0 Å². The molecule has 0 spiro atoms. The van der Waals surface area contributed by atoms with Gasteiger partial charge in [-0.2, -0.15) is 5.26 Å². The van der Waals surface area contributed by atoms with Crippen LogP contribution in [0.4, 0.5) is 4.79 Å². The molecule has 0 saturated carbocycles. The molecule has 0 radical (unpaired) electrons. The molecule has 3 N–H and O–H groups in total. The molecule has 12 nitrogen and oxygen atoms in total. The van der Waals surface area contributed by atoms with E-state index in [1.807, 2.05) is 32.0 Å². The maximum Gasteiger partial charge on any atom is 0.475 e. The molecule has 2 aromatic rings. The summed E-state index contributed by atoms with van der Waals surface area (Å²) in [5.41, 5.74) is 0.782. The summed E-state index contributed by atoms with van der Waals surface area (Å²) in [6.45, 7) is 8.18. The van der Waals surface area contributed by atoms with Crippen LogP contribution in [0.3, 0.4) is 0 Å². The highest BCUT2D eigenvalue weighted by Crippen LogP contribution is 2.25. The number of rotatable bonds is 9. The van der Waals surface area contributed by atoms with E-state index in [-0.39, 0.29) is 24.5 Å². The smallest absolute Gasteiger partial charge is 0.464 e. The number of nitriles is 1. The summed E-state index contributed by atoms with van der Waals surface area (Å²) in [4.78, 5) is 43.2. The molecule has 224 valence electrons. The second-order valence-electron chi connectivity index (χ2n) is 11.3. The largest absolute Gasteiger partial charge is 0.475 e. The van der Waals surface area contributed by atoms with Gasteiger partial charge in [0.25, 0.3) is 5.91 Å². The van der Waals surface area contributed by atoms with Crippen LogP contribution in [-0.2, 0) is 20.7 Å². The molecule has 0 aliphatic carbocycles. The molecule has 2 fully saturated rings. The zero-order valence-electron chi connectivity index (χ0n) is 24.3. The minimum atomic E-state index is -1.84. The monoisotopic (exact) mass is 579 g/mol. The first-order valence-electron chi connectivity index (χ1n) is 14.2. The van der Waals surface area contributed by atoms with Crippen LogP contribution in [0.15, 0.2) is 46.6 Å². The van der Waals surface area contributed by atoms with Gasteiger partial charge in [-0.1, -0.05) is 18.2 Å². The molecule has 4 rings (SSSR count). The fraction of sp³-hybridized carbons (Fsp3) is 0.517. The first kappa shape index (κ1) is 31.1. The quantitative estimate of drug-likeness (QED) is 0.227.